The Hall–Kier alpha value is -2.87. The second-order valence-corrected chi connectivity index (χ2v) is 5.84. The van der Waals surface area contributed by atoms with E-state index in [9.17, 15) is 4.79 Å². The number of aromatic amines is 1. The number of aromatic nitrogens is 3. The average Bonchev–Trinajstić information content (AvgIpc) is 2.98. The van der Waals surface area contributed by atoms with Gasteiger partial charge in [-0.15, -0.1) is 0 Å². The molecular weight excluding hydrogens is 324 g/mol. The number of nitrogens with one attached hydrogen (secondary N) is 1. The SMILES string of the molecule is COc1cc2nc(CN(C)Cc3cc(C)on3)[nH]c(=O)c2cc1OC. The fourth-order valence-corrected chi connectivity index (χ4v) is 2.67. The van der Waals surface area contributed by atoms with Gasteiger partial charge in [0.1, 0.15) is 11.6 Å². The Morgan fingerprint density at radius 3 is 2.52 bits per heavy atom. The Labute approximate surface area is 144 Å². The summed E-state index contributed by atoms with van der Waals surface area (Å²) in [7, 11) is 4.99. The molecule has 2 heterocycles. The number of methoxy groups -OCH3 is 2. The van der Waals surface area contributed by atoms with E-state index in [0.29, 0.717) is 41.3 Å². The van der Waals surface area contributed by atoms with Crippen molar-refractivity contribution in [2.24, 2.45) is 0 Å². The second kappa shape index (κ2) is 6.94. The highest BCUT2D eigenvalue weighted by molar-refractivity contribution is 5.81. The Kier molecular flexibility index (Phi) is 4.71. The van der Waals surface area contributed by atoms with Gasteiger partial charge in [-0.25, -0.2) is 4.98 Å². The van der Waals surface area contributed by atoms with E-state index in [-0.39, 0.29) is 5.56 Å². The zero-order valence-corrected chi connectivity index (χ0v) is 14.6. The first-order chi connectivity index (χ1) is 12.0. The van der Waals surface area contributed by atoms with E-state index >= 15 is 0 Å². The minimum absolute atomic E-state index is 0.216. The van der Waals surface area contributed by atoms with Crippen molar-refractivity contribution in [1.29, 1.82) is 0 Å². The number of hydrogen-bond donors (Lipinski definition) is 1. The minimum Gasteiger partial charge on any atom is -0.493 e. The van der Waals surface area contributed by atoms with E-state index in [1.54, 1.807) is 19.2 Å². The van der Waals surface area contributed by atoms with Crippen molar-refractivity contribution < 1.29 is 14.0 Å². The highest BCUT2D eigenvalue weighted by Crippen LogP contribution is 2.29. The summed E-state index contributed by atoms with van der Waals surface area (Å²) in [5.74, 6) is 2.35. The third-order valence-corrected chi connectivity index (χ3v) is 3.79. The molecule has 1 aromatic carbocycles. The predicted molar refractivity (Wildman–Crippen MR) is 91.9 cm³/mol. The molecule has 8 nitrogen and oxygen atoms in total. The molecule has 25 heavy (non-hydrogen) atoms. The van der Waals surface area contributed by atoms with Gasteiger partial charge in [-0.3, -0.25) is 9.69 Å². The van der Waals surface area contributed by atoms with E-state index in [0.717, 1.165) is 11.5 Å². The molecule has 0 unspecified atom stereocenters. The Morgan fingerprint density at radius 2 is 1.88 bits per heavy atom. The molecule has 0 fully saturated rings. The van der Waals surface area contributed by atoms with Crippen molar-refractivity contribution in [2.75, 3.05) is 21.3 Å². The van der Waals surface area contributed by atoms with Crippen molar-refractivity contribution in [3.8, 4) is 11.5 Å². The maximum Gasteiger partial charge on any atom is 0.258 e. The monoisotopic (exact) mass is 344 g/mol. The van der Waals surface area contributed by atoms with Gasteiger partial charge in [-0.1, -0.05) is 5.16 Å². The van der Waals surface area contributed by atoms with Crippen LogP contribution in [0.1, 0.15) is 17.3 Å². The van der Waals surface area contributed by atoms with Gasteiger partial charge in [0.05, 0.1) is 37.4 Å². The summed E-state index contributed by atoms with van der Waals surface area (Å²) >= 11 is 0. The van der Waals surface area contributed by atoms with Gasteiger partial charge in [-0.2, -0.15) is 0 Å². The Balaban J connectivity index is 1.88. The smallest absolute Gasteiger partial charge is 0.258 e. The lowest BCUT2D eigenvalue weighted by Crippen LogP contribution is -2.22. The van der Waals surface area contributed by atoms with E-state index in [1.165, 1.54) is 7.11 Å². The van der Waals surface area contributed by atoms with Crippen LogP contribution in [-0.4, -0.2) is 41.3 Å². The number of fused-ring (bicyclic) bond motifs is 1. The number of hydrogen-bond acceptors (Lipinski definition) is 7. The molecular formula is C17H20N4O4. The first-order valence-corrected chi connectivity index (χ1v) is 7.76. The number of H-pyrrole nitrogens is 1. The molecule has 0 aliphatic heterocycles. The second-order valence-electron chi connectivity index (χ2n) is 5.84. The van der Waals surface area contributed by atoms with Crippen LogP contribution in [0.4, 0.5) is 0 Å². The molecule has 3 rings (SSSR count). The molecule has 0 atom stereocenters. The van der Waals surface area contributed by atoms with Crippen LogP contribution < -0.4 is 15.0 Å². The average molecular weight is 344 g/mol. The molecule has 0 spiro atoms. The topological polar surface area (TPSA) is 93.5 Å². The molecule has 0 saturated carbocycles. The largest absolute Gasteiger partial charge is 0.493 e. The first kappa shape index (κ1) is 17.0. The van der Waals surface area contributed by atoms with E-state index < -0.39 is 0 Å². The summed E-state index contributed by atoms with van der Waals surface area (Å²) in [6.45, 7) is 2.90. The maximum absolute atomic E-state index is 12.4. The lowest BCUT2D eigenvalue weighted by atomic mass is 10.2. The third kappa shape index (κ3) is 3.63. The summed E-state index contributed by atoms with van der Waals surface area (Å²) in [6, 6.07) is 5.21. The van der Waals surface area contributed by atoms with Crippen molar-refractivity contribution in [3.05, 3.63) is 45.8 Å². The van der Waals surface area contributed by atoms with Gasteiger partial charge in [0.2, 0.25) is 0 Å². The minimum atomic E-state index is -0.216. The zero-order valence-electron chi connectivity index (χ0n) is 14.6. The molecule has 0 aliphatic carbocycles. The van der Waals surface area contributed by atoms with Crippen molar-refractivity contribution in [2.45, 2.75) is 20.0 Å². The first-order valence-electron chi connectivity index (χ1n) is 7.76. The normalized spacial score (nSPS) is 11.2. The molecule has 0 amide bonds. The molecule has 0 aliphatic rings. The molecule has 1 N–H and O–H groups in total. The summed E-state index contributed by atoms with van der Waals surface area (Å²) < 4.78 is 15.6. The lowest BCUT2D eigenvalue weighted by molar-refractivity contribution is 0.295. The van der Waals surface area contributed by atoms with E-state index in [2.05, 4.69) is 15.1 Å². The Morgan fingerprint density at radius 1 is 1.16 bits per heavy atom. The molecule has 8 heteroatoms. The van der Waals surface area contributed by atoms with E-state index in [1.807, 2.05) is 24.9 Å². The molecule has 3 aromatic rings. The van der Waals surface area contributed by atoms with Crippen LogP contribution in [0.15, 0.2) is 27.5 Å². The fraction of sp³-hybridized carbons (Fsp3) is 0.353. The molecule has 2 aromatic heterocycles. The predicted octanol–water partition coefficient (Wildman–Crippen LogP) is 1.87. The quantitative estimate of drug-likeness (QED) is 0.729. The number of aryl methyl sites for hydroxylation is 1. The highest BCUT2D eigenvalue weighted by atomic mass is 16.5. The molecule has 132 valence electrons. The van der Waals surface area contributed by atoms with Gasteiger partial charge in [0, 0.05) is 18.7 Å². The summed E-state index contributed by atoms with van der Waals surface area (Å²) in [5.41, 5.74) is 1.17. The van der Waals surface area contributed by atoms with Gasteiger partial charge in [0.25, 0.3) is 5.56 Å². The van der Waals surface area contributed by atoms with Gasteiger partial charge in [-0.05, 0) is 20.0 Å². The molecule has 0 radical (unpaired) electrons. The summed E-state index contributed by atoms with van der Waals surface area (Å²) in [4.78, 5) is 21.7. The van der Waals surface area contributed by atoms with Crippen molar-refractivity contribution in [1.82, 2.24) is 20.0 Å². The van der Waals surface area contributed by atoms with Crippen LogP contribution in [0, 0.1) is 6.92 Å². The summed E-state index contributed by atoms with van der Waals surface area (Å²) in [5, 5.41) is 4.42. The van der Waals surface area contributed by atoms with Gasteiger partial charge >= 0.3 is 0 Å². The van der Waals surface area contributed by atoms with Gasteiger partial charge in [0.15, 0.2) is 11.5 Å². The van der Waals surface area contributed by atoms with Crippen LogP contribution >= 0.6 is 0 Å². The molecule has 0 saturated heterocycles. The van der Waals surface area contributed by atoms with Crippen molar-refractivity contribution in [3.63, 3.8) is 0 Å². The van der Waals surface area contributed by atoms with Crippen LogP contribution in [0.3, 0.4) is 0 Å². The number of benzene rings is 1. The van der Waals surface area contributed by atoms with Crippen LogP contribution in [-0.2, 0) is 13.1 Å². The van der Waals surface area contributed by atoms with Crippen LogP contribution in [0.25, 0.3) is 10.9 Å². The van der Waals surface area contributed by atoms with Crippen molar-refractivity contribution >= 4 is 10.9 Å². The maximum atomic E-state index is 12.4. The number of nitrogens with zero attached hydrogens (tertiary/aromatic N) is 3. The van der Waals surface area contributed by atoms with Crippen LogP contribution in [0.5, 0.6) is 11.5 Å². The number of rotatable bonds is 6. The third-order valence-electron chi connectivity index (χ3n) is 3.79. The fourth-order valence-electron chi connectivity index (χ4n) is 2.67. The van der Waals surface area contributed by atoms with E-state index in [4.69, 9.17) is 14.0 Å². The number of ether oxygens (including phenoxy) is 2. The van der Waals surface area contributed by atoms with Gasteiger partial charge < -0.3 is 19.0 Å². The standard InChI is InChI=1S/C17H20N4O4/c1-10-5-11(20-25-10)8-21(2)9-16-18-13-7-15(24-4)14(23-3)6-12(13)17(22)19-16/h5-7H,8-9H2,1-4H3,(H,18,19,22). The Bertz CT molecular complexity index is 947. The summed E-state index contributed by atoms with van der Waals surface area (Å²) in [6.07, 6.45) is 0. The highest BCUT2D eigenvalue weighted by Gasteiger charge is 2.12. The zero-order chi connectivity index (χ0) is 18.0. The lowest BCUT2D eigenvalue weighted by Gasteiger charge is -2.15. The van der Waals surface area contributed by atoms with Crippen LogP contribution in [0.2, 0.25) is 0 Å². The molecule has 0 bridgehead atoms.